The minimum Gasteiger partial charge on any atom is -0.488 e. The van der Waals surface area contributed by atoms with Crippen molar-refractivity contribution in [3.63, 3.8) is 0 Å². The van der Waals surface area contributed by atoms with E-state index in [9.17, 15) is 4.79 Å². The Kier molecular flexibility index (Phi) is 6.69. The molecule has 1 atom stereocenters. The van der Waals surface area contributed by atoms with Gasteiger partial charge in [0.25, 0.3) is 5.91 Å². The van der Waals surface area contributed by atoms with Crippen molar-refractivity contribution in [1.29, 1.82) is 0 Å². The first-order valence-corrected chi connectivity index (χ1v) is 7.96. The number of allylic oxidation sites excluding steroid dienone is 3. The summed E-state index contributed by atoms with van der Waals surface area (Å²) in [5.74, 6) is 0.629. The Hall–Kier alpha value is -2.47. The molecule has 0 aliphatic carbocycles. The molecule has 0 bridgehead atoms. The second kappa shape index (κ2) is 8.98. The molecule has 0 radical (unpaired) electrons. The predicted molar refractivity (Wildman–Crippen MR) is 93.4 cm³/mol. The Morgan fingerprint density at radius 3 is 3.04 bits per heavy atom. The average Bonchev–Trinajstić information content (AvgIpc) is 2.58. The molecule has 1 aromatic heterocycles. The third-order valence-electron chi connectivity index (χ3n) is 3.44. The lowest BCUT2D eigenvalue weighted by molar-refractivity contribution is 0.00734. The monoisotopic (exact) mass is 329 g/mol. The number of aromatic nitrogens is 1. The highest BCUT2D eigenvalue weighted by molar-refractivity contribution is 5.93. The number of carbonyl (C=O) groups is 1. The summed E-state index contributed by atoms with van der Waals surface area (Å²) in [4.78, 5) is 20.4. The molecule has 2 rings (SSSR count). The normalized spacial score (nSPS) is 18.4. The van der Waals surface area contributed by atoms with E-state index in [0.717, 1.165) is 19.4 Å². The van der Waals surface area contributed by atoms with Crippen LogP contribution in [0.4, 0.5) is 0 Å². The second-order valence-electron chi connectivity index (χ2n) is 5.48. The maximum Gasteiger partial charge on any atom is 0.275 e. The number of pyridine rings is 1. The highest BCUT2D eigenvalue weighted by Gasteiger charge is 2.17. The van der Waals surface area contributed by atoms with E-state index in [4.69, 9.17) is 9.47 Å². The molecule has 128 valence electrons. The summed E-state index contributed by atoms with van der Waals surface area (Å²) in [5.41, 5.74) is 0.983. The highest BCUT2D eigenvalue weighted by atomic mass is 16.5. The van der Waals surface area contributed by atoms with Crippen LogP contribution < -0.4 is 10.1 Å². The minimum absolute atomic E-state index is 0.0106. The standard InChI is InChI=1S/C18H23N3O3/c1-4-5-8-17(19-3)21-18(22)16-11-15(10-13(2)20-16)24-14-7-6-9-23-12-14/h4-5,8,10-11,14H,3,6-7,9,12H2,1-2H3,(H,21,22)/b5-4-,17-8+/t14-/m0/s1. The Labute approximate surface area is 142 Å². The second-order valence-corrected chi connectivity index (χ2v) is 5.48. The first kappa shape index (κ1) is 17.9. The Morgan fingerprint density at radius 1 is 1.54 bits per heavy atom. The molecule has 1 amide bonds. The predicted octanol–water partition coefficient (Wildman–Crippen LogP) is 2.80. The number of nitrogens with zero attached hydrogens (tertiary/aromatic N) is 2. The van der Waals surface area contributed by atoms with Gasteiger partial charge in [-0.05, 0) is 39.5 Å². The number of hydrogen-bond acceptors (Lipinski definition) is 5. The molecule has 0 aromatic carbocycles. The van der Waals surface area contributed by atoms with E-state index in [1.165, 1.54) is 0 Å². The van der Waals surface area contributed by atoms with Gasteiger partial charge in [0.1, 0.15) is 23.4 Å². The van der Waals surface area contributed by atoms with Gasteiger partial charge in [0.15, 0.2) is 0 Å². The van der Waals surface area contributed by atoms with E-state index in [-0.39, 0.29) is 17.7 Å². The smallest absolute Gasteiger partial charge is 0.275 e. The van der Waals surface area contributed by atoms with Gasteiger partial charge in [-0.25, -0.2) is 9.98 Å². The molecule has 1 N–H and O–H groups in total. The molecule has 1 aromatic rings. The van der Waals surface area contributed by atoms with Gasteiger partial charge in [0, 0.05) is 24.4 Å². The van der Waals surface area contributed by atoms with Crippen LogP contribution in [-0.2, 0) is 4.74 Å². The van der Waals surface area contributed by atoms with Crippen molar-refractivity contribution < 1.29 is 14.3 Å². The third kappa shape index (κ3) is 5.31. The lowest BCUT2D eigenvalue weighted by atomic mass is 10.2. The van der Waals surface area contributed by atoms with E-state index in [1.54, 1.807) is 18.2 Å². The highest BCUT2D eigenvalue weighted by Crippen LogP contribution is 2.19. The van der Waals surface area contributed by atoms with E-state index in [2.05, 4.69) is 22.0 Å². The van der Waals surface area contributed by atoms with Crippen LogP contribution in [0, 0.1) is 6.92 Å². The van der Waals surface area contributed by atoms with Crippen LogP contribution in [-0.4, -0.2) is 36.9 Å². The van der Waals surface area contributed by atoms with Crippen LogP contribution in [0.25, 0.3) is 0 Å². The van der Waals surface area contributed by atoms with Gasteiger partial charge in [0.05, 0.1) is 6.61 Å². The quantitative estimate of drug-likeness (QED) is 0.643. The number of nitrogens with one attached hydrogen (secondary N) is 1. The minimum atomic E-state index is -0.355. The molecule has 2 heterocycles. The molecule has 24 heavy (non-hydrogen) atoms. The van der Waals surface area contributed by atoms with Crippen molar-refractivity contribution >= 4 is 12.6 Å². The molecule has 1 aliphatic rings. The Bertz CT molecular complexity index is 647. The van der Waals surface area contributed by atoms with Gasteiger partial charge in [-0.1, -0.05) is 12.2 Å². The van der Waals surface area contributed by atoms with Crippen molar-refractivity contribution in [2.45, 2.75) is 32.8 Å². The summed E-state index contributed by atoms with van der Waals surface area (Å²) in [6, 6.07) is 3.45. The first-order valence-electron chi connectivity index (χ1n) is 7.96. The van der Waals surface area contributed by atoms with E-state index >= 15 is 0 Å². The van der Waals surface area contributed by atoms with Gasteiger partial charge in [-0.3, -0.25) is 4.79 Å². The Balaban J connectivity index is 2.11. The summed E-state index contributed by atoms with van der Waals surface area (Å²) in [7, 11) is 0. The molecule has 1 saturated heterocycles. The zero-order chi connectivity index (χ0) is 17.4. The number of hydrogen-bond donors (Lipinski definition) is 1. The molecule has 1 aliphatic heterocycles. The molecule has 6 nitrogen and oxygen atoms in total. The molecular formula is C18H23N3O3. The zero-order valence-corrected chi connectivity index (χ0v) is 14.1. The molecule has 0 spiro atoms. The fraction of sp³-hybridized carbons (Fsp3) is 0.389. The number of ether oxygens (including phenoxy) is 2. The van der Waals surface area contributed by atoms with Gasteiger partial charge in [-0.2, -0.15) is 0 Å². The lowest BCUT2D eigenvalue weighted by Gasteiger charge is -2.23. The molecule has 6 heteroatoms. The van der Waals surface area contributed by atoms with Crippen molar-refractivity contribution in [1.82, 2.24) is 10.3 Å². The molecular weight excluding hydrogens is 306 g/mol. The van der Waals surface area contributed by atoms with Crippen molar-refractivity contribution in [2.24, 2.45) is 4.99 Å². The number of carbonyl (C=O) groups excluding carboxylic acids is 1. The summed E-state index contributed by atoms with van der Waals surface area (Å²) in [6.45, 7) is 8.49. The number of rotatable bonds is 6. The Morgan fingerprint density at radius 2 is 2.38 bits per heavy atom. The lowest BCUT2D eigenvalue weighted by Crippen LogP contribution is -2.28. The summed E-state index contributed by atoms with van der Waals surface area (Å²) in [6.07, 6.45) is 7.20. The van der Waals surface area contributed by atoms with Crippen LogP contribution in [0.3, 0.4) is 0 Å². The summed E-state index contributed by atoms with van der Waals surface area (Å²) >= 11 is 0. The maximum atomic E-state index is 12.4. The topological polar surface area (TPSA) is 72.8 Å². The van der Waals surface area contributed by atoms with Crippen LogP contribution >= 0.6 is 0 Å². The van der Waals surface area contributed by atoms with Crippen molar-refractivity contribution in [2.75, 3.05) is 13.2 Å². The summed E-state index contributed by atoms with van der Waals surface area (Å²) < 4.78 is 11.3. The van der Waals surface area contributed by atoms with Gasteiger partial charge < -0.3 is 14.8 Å². The van der Waals surface area contributed by atoms with Crippen LogP contribution in [0.5, 0.6) is 5.75 Å². The largest absolute Gasteiger partial charge is 0.488 e. The maximum absolute atomic E-state index is 12.4. The van der Waals surface area contributed by atoms with E-state index in [1.807, 2.05) is 26.0 Å². The fourth-order valence-corrected chi connectivity index (χ4v) is 2.32. The van der Waals surface area contributed by atoms with E-state index in [0.29, 0.717) is 23.9 Å². The van der Waals surface area contributed by atoms with Gasteiger partial charge >= 0.3 is 0 Å². The number of amides is 1. The van der Waals surface area contributed by atoms with Gasteiger partial charge in [-0.15, -0.1) is 0 Å². The molecule has 0 unspecified atom stereocenters. The van der Waals surface area contributed by atoms with Crippen molar-refractivity contribution in [3.8, 4) is 5.75 Å². The summed E-state index contributed by atoms with van der Waals surface area (Å²) in [5, 5.41) is 2.67. The van der Waals surface area contributed by atoms with Crippen molar-refractivity contribution in [3.05, 3.63) is 47.6 Å². The van der Waals surface area contributed by atoms with Gasteiger partial charge in [0.2, 0.25) is 0 Å². The SMILES string of the molecule is C=N/C(=C\C=C/C)NC(=O)c1cc(O[C@H]2CCCOC2)cc(C)n1. The fourth-order valence-electron chi connectivity index (χ4n) is 2.32. The third-order valence-corrected chi connectivity index (χ3v) is 3.44. The van der Waals surface area contributed by atoms with E-state index < -0.39 is 0 Å². The van der Waals surface area contributed by atoms with Crippen LogP contribution in [0.15, 0.2) is 41.2 Å². The first-order chi connectivity index (χ1) is 11.6. The average molecular weight is 329 g/mol. The number of aryl methyl sites for hydroxylation is 1. The van der Waals surface area contributed by atoms with Crippen LogP contribution in [0.1, 0.15) is 35.9 Å². The molecule has 1 fully saturated rings. The van der Waals surface area contributed by atoms with Crippen LogP contribution in [0.2, 0.25) is 0 Å². The zero-order valence-electron chi connectivity index (χ0n) is 14.1. The molecule has 0 saturated carbocycles. The number of aliphatic imine (C=N–C) groups is 1.